The molecule has 92 valence electrons. The Morgan fingerprint density at radius 3 is 2.65 bits per heavy atom. The molecule has 0 saturated heterocycles. The third kappa shape index (κ3) is 1.93. The van der Waals surface area contributed by atoms with Gasteiger partial charge in [0.2, 0.25) is 0 Å². The van der Waals surface area contributed by atoms with Crippen molar-refractivity contribution in [1.29, 1.82) is 0 Å². The Hall–Kier alpha value is -1.42. The van der Waals surface area contributed by atoms with Crippen LogP contribution in [0.15, 0.2) is 18.3 Å². The van der Waals surface area contributed by atoms with Crippen LogP contribution in [-0.2, 0) is 4.74 Å². The number of nitrogens with two attached hydrogens (primary N) is 1. The van der Waals surface area contributed by atoms with Crippen molar-refractivity contribution >= 4 is 5.97 Å². The second kappa shape index (κ2) is 4.11. The summed E-state index contributed by atoms with van der Waals surface area (Å²) < 4.78 is 4.64. The summed E-state index contributed by atoms with van der Waals surface area (Å²) >= 11 is 0. The van der Waals surface area contributed by atoms with E-state index in [0.717, 1.165) is 5.69 Å². The van der Waals surface area contributed by atoms with Crippen molar-refractivity contribution in [1.82, 2.24) is 4.98 Å². The number of carbonyl (C=O) groups excluding carboxylic acids is 1. The minimum Gasteiger partial charge on any atom is -0.465 e. The number of hydrogen-bond acceptors (Lipinski definition) is 4. The number of pyridine rings is 1. The van der Waals surface area contributed by atoms with Crippen LogP contribution in [-0.4, -0.2) is 24.6 Å². The lowest BCUT2D eigenvalue weighted by molar-refractivity contribution is 0.0600. The van der Waals surface area contributed by atoms with Gasteiger partial charge in [-0.15, -0.1) is 0 Å². The predicted molar refractivity (Wildman–Crippen MR) is 64.6 cm³/mol. The van der Waals surface area contributed by atoms with Crippen LogP contribution < -0.4 is 5.73 Å². The zero-order valence-corrected chi connectivity index (χ0v) is 10.4. The Labute approximate surface area is 101 Å². The van der Waals surface area contributed by atoms with Crippen molar-refractivity contribution in [3.63, 3.8) is 0 Å². The fraction of sp³-hybridized carbons (Fsp3) is 0.538. The molecule has 1 saturated carbocycles. The number of methoxy groups -OCH3 is 1. The molecule has 0 aliphatic heterocycles. The molecule has 2 atom stereocenters. The van der Waals surface area contributed by atoms with Crippen LogP contribution in [0.25, 0.3) is 0 Å². The minimum atomic E-state index is -0.352. The van der Waals surface area contributed by atoms with Gasteiger partial charge >= 0.3 is 5.97 Å². The summed E-state index contributed by atoms with van der Waals surface area (Å²) in [6.45, 7) is 5.08. The lowest BCUT2D eigenvalue weighted by atomic mass is 10.1. The van der Waals surface area contributed by atoms with Gasteiger partial charge < -0.3 is 10.5 Å². The fourth-order valence-electron chi connectivity index (χ4n) is 2.60. The van der Waals surface area contributed by atoms with Crippen molar-refractivity contribution in [2.45, 2.75) is 19.8 Å². The highest BCUT2D eigenvalue weighted by atomic mass is 16.5. The first-order chi connectivity index (χ1) is 8.02. The van der Waals surface area contributed by atoms with E-state index in [1.807, 2.05) is 6.07 Å². The molecular formula is C13H18N2O2. The lowest BCUT2D eigenvalue weighted by Gasteiger charge is -2.03. The van der Waals surface area contributed by atoms with Gasteiger partial charge in [0.15, 0.2) is 0 Å². The molecule has 2 rings (SSSR count). The summed E-state index contributed by atoms with van der Waals surface area (Å²) in [7, 11) is 1.37. The van der Waals surface area contributed by atoms with E-state index in [4.69, 9.17) is 5.73 Å². The summed E-state index contributed by atoms with van der Waals surface area (Å²) in [5.41, 5.74) is 7.45. The molecule has 17 heavy (non-hydrogen) atoms. The summed E-state index contributed by atoms with van der Waals surface area (Å²) in [4.78, 5) is 15.6. The van der Waals surface area contributed by atoms with Gasteiger partial charge in [0.1, 0.15) is 0 Å². The molecule has 0 radical (unpaired) electrons. The van der Waals surface area contributed by atoms with Crippen LogP contribution in [0.1, 0.15) is 35.8 Å². The van der Waals surface area contributed by atoms with Crippen molar-refractivity contribution in [2.24, 2.45) is 17.1 Å². The second-order valence-electron chi connectivity index (χ2n) is 5.10. The highest BCUT2D eigenvalue weighted by Crippen LogP contribution is 2.63. The number of aromatic nitrogens is 1. The molecule has 4 heteroatoms. The van der Waals surface area contributed by atoms with Crippen LogP contribution in [0.3, 0.4) is 0 Å². The smallest absolute Gasteiger partial charge is 0.339 e. The van der Waals surface area contributed by atoms with Crippen LogP contribution in [0.2, 0.25) is 0 Å². The highest BCUT2D eigenvalue weighted by Gasteiger charge is 2.57. The molecule has 0 aromatic carbocycles. The Kier molecular flexibility index (Phi) is 2.91. The first-order valence-corrected chi connectivity index (χ1v) is 5.76. The van der Waals surface area contributed by atoms with E-state index >= 15 is 0 Å². The third-order valence-electron chi connectivity index (χ3n) is 3.83. The van der Waals surface area contributed by atoms with E-state index in [-0.39, 0.29) is 11.4 Å². The standard InChI is InChI=1S/C13H18N2O2/c1-13(2)9(6-14)11(13)10-5-4-8(7-15-10)12(16)17-3/h4-5,7,9,11H,6,14H2,1-3H3/t9-,11+/m1/s1. The molecule has 1 aromatic rings. The van der Waals surface area contributed by atoms with Gasteiger partial charge in [-0.1, -0.05) is 13.8 Å². The van der Waals surface area contributed by atoms with Gasteiger partial charge in [0.25, 0.3) is 0 Å². The number of hydrogen-bond donors (Lipinski definition) is 1. The molecule has 1 heterocycles. The van der Waals surface area contributed by atoms with E-state index < -0.39 is 0 Å². The minimum absolute atomic E-state index is 0.217. The predicted octanol–water partition coefficient (Wildman–Crippen LogP) is 1.57. The first-order valence-electron chi connectivity index (χ1n) is 5.76. The lowest BCUT2D eigenvalue weighted by Crippen LogP contribution is -2.05. The zero-order chi connectivity index (χ0) is 12.6. The maximum absolute atomic E-state index is 11.3. The van der Waals surface area contributed by atoms with Crippen molar-refractivity contribution < 1.29 is 9.53 Å². The normalized spacial score (nSPS) is 25.4. The largest absolute Gasteiger partial charge is 0.465 e. The van der Waals surface area contributed by atoms with Gasteiger partial charge in [-0.3, -0.25) is 4.98 Å². The summed E-state index contributed by atoms with van der Waals surface area (Å²) in [6.07, 6.45) is 1.57. The van der Waals surface area contributed by atoms with Crippen LogP contribution >= 0.6 is 0 Å². The molecule has 1 aliphatic rings. The van der Waals surface area contributed by atoms with Crippen molar-refractivity contribution in [2.75, 3.05) is 13.7 Å². The average molecular weight is 234 g/mol. The van der Waals surface area contributed by atoms with Crippen molar-refractivity contribution in [3.05, 3.63) is 29.6 Å². The monoisotopic (exact) mass is 234 g/mol. The van der Waals surface area contributed by atoms with E-state index in [1.54, 1.807) is 12.3 Å². The molecule has 2 N–H and O–H groups in total. The summed E-state index contributed by atoms with van der Waals surface area (Å²) in [5, 5.41) is 0. The van der Waals surface area contributed by atoms with Crippen LogP contribution in [0, 0.1) is 11.3 Å². The van der Waals surface area contributed by atoms with Gasteiger partial charge in [0, 0.05) is 17.8 Å². The molecular weight excluding hydrogens is 216 g/mol. The molecule has 4 nitrogen and oxygen atoms in total. The number of carbonyl (C=O) groups is 1. The van der Waals surface area contributed by atoms with Crippen molar-refractivity contribution in [3.8, 4) is 0 Å². The topological polar surface area (TPSA) is 65.2 Å². The first kappa shape index (κ1) is 12.0. The maximum atomic E-state index is 11.3. The molecule has 1 aromatic heterocycles. The number of esters is 1. The molecule has 0 spiro atoms. The second-order valence-corrected chi connectivity index (χ2v) is 5.10. The van der Waals surface area contributed by atoms with Gasteiger partial charge in [0.05, 0.1) is 12.7 Å². The maximum Gasteiger partial charge on any atom is 0.339 e. The number of nitrogens with zero attached hydrogens (tertiary/aromatic N) is 1. The van der Waals surface area contributed by atoms with Crippen LogP contribution in [0.5, 0.6) is 0 Å². The fourth-order valence-corrected chi connectivity index (χ4v) is 2.60. The molecule has 0 amide bonds. The molecule has 1 fully saturated rings. The Morgan fingerprint density at radius 2 is 2.24 bits per heavy atom. The molecule has 0 unspecified atom stereocenters. The van der Waals surface area contributed by atoms with Gasteiger partial charge in [-0.05, 0) is 30.0 Å². The summed E-state index contributed by atoms with van der Waals surface area (Å²) in [6, 6.07) is 3.66. The van der Waals surface area contributed by atoms with E-state index in [2.05, 4.69) is 23.6 Å². The van der Waals surface area contributed by atoms with Gasteiger partial charge in [-0.25, -0.2) is 4.79 Å². The average Bonchev–Trinajstić information content (AvgIpc) is 2.90. The molecule has 0 bridgehead atoms. The van der Waals surface area contributed by atoms with Crippen LogP contribution in [0.4, 0.5) is 0 Å². The highest BCUT2D eigenvalue weighted by molar-refractivity contribution is 5.88. The number of rotatable bonds is 3. The Morgan fingerprint density at radius 1 is 1.53 bits per heavy atom. The third-order valence-corrected chi connectivity index (χ3v) is 3.83. The zero-order valence-electron chi connectivity index (χ0n) is 10.4. The SMILES string of the molecule is COC(=O)c1ccc([C@@H]2[C@@H](CN)C2(C)C)nc1. The molecule has 1 aliphatic carbocycles. The quantitative estimate of drug-likeness (QED) is 0.806. The van der Waals surface area contributed by atoms with E-state index in [1.165, 1.54) is 7.11 Å². The van der Waals surface area contributed by atoms with E-state index in [0.29, 0.717) is 23.9 Å². The summed E-state index contributed by atoms with van der Waals surface area (Å²) in [5.74, 6) is 0.535. The van der Waals surface area contributed by atoms with Gasteiger partial charge in [-0.2, -0.15) is 0 Å². The van der Waals surface area contributed by atoms with E-state index in [9.17, 15) is 4.79 Å². The number of ether oxygens (including phenoxy) is 1. The Bertz CT molecular complexity index is 426. The Balaban J connectivity index is 2.18.